The molecule has 1 heterocycles. The number of hydrogen-bond donors (Lipinski definition) is 2. The molecule has 1 aliphatic rings. The number of sulfonamides is 1. The lowest BCUT2D eigenvalue weighted by Gasteiger charge is -2.24. The highest BCUT2D eigenvalue weighted by atomic mass is 32.2. The van der Waals surface area contributed by atoms with E-state index in [1.807, 2.05) is 0 Å². The Hall–Kier alpha value is -0.660. The molecular weight excluding hydrogens is 242 g/mol. The average Bonchev–Trinajstić information content (AvgIpc) is 2.30. The van der Waals surface area contributed by atoms with Gasteiger partial charge in [-0.1, -0.05) is 0 Å². The van der Waals surface area contributed by atoms with Crippen LogP contribution in [0.5, 0.6) is 0 Å². The Bertz CT molecular complexity index is 350. The van der Waals surface area contributed by atoms with Gasteiger partial charge in [0.1, 0.15) is 0 Å². The van der Waals surface area contributed by atoms with Crippen LogP contribution >= 0.6 is 0 Å². The van der Waals surface area contributed by atoms with E-state index in [-0.39, 0.29) is 24.2 Å². The van der Waals surface area contributed by atoms with Crippen LogP contribution in [0.15, 0.2) is 0 Å². The van der Waals surface area contributed by atoms with Crippen molar-refractivity contribution in [3.63, 3.8) is 0 Å². The Labute approximate surface area is 103 Å². The van der Waals surface area contributed by atoms with E-state index in [2.05, 4.69) is 10.6 Å². The summed E-state index contributed by atoms with van der Waals surface area (Å²) in [6.45, 7) is 3.20. The van der Waals surface area contributed by atoms with E-state index >= 15 is 0 Å². The summed E-state index contributed by atoms with van der Waals surface area (Å²) >= 11 is 0. The van der Waals surface area contributed by atoms with E-state index in [1.165, 1.54) is 7.05 Å². The predicted molar refractivity (Wildman–Crippen MR) is 66.1 cm³/mol. The van der Waals surface area contributed by atoms with Gasteiger partial charge in [0.25, 0.3) is 0 Å². The summed E-state index contributed by atoms with van der Waals surface area (Å²) in [5.41, 5.74) is 0. The van der Waals surface area contributed by atoms with Crippen molar-refractivity contribution in [2.75, 3.05) is 32.4 Å². The third-order valence-corrected chi connectivity index (χ3v) is 4.68. The molecule has 0 aromatic carbocycles. The normalized spacial score (nSPS) is 21.5. The Morgan fingerprint density at radius 3 is 2.76 bits per heavy atom. The Kier molecular flexibility index (Phi) is 5.35. The number of likely N-dealkylation sites (N-methyl/N-ethyl adjacent to an activating group) is 1. The molecule has 0 aromatic heterocycles. The van der Waals surface area contributed by atoms with Gasteiger partial charge in [-0.05, 0) is 26.3 Å². The molecule has 0 spiro atoms. The first-order valence-corrected chi connectivity index (χ1v) is 7.50. The first kappa shape index (κ1) is 14.4. The van der Waals surface area contributed by atoms with Gasteiger partial charge >= 0.3 is 0 Å². The largest absolute Gasteiger partial charge is 0.351 e. The highest BCUT2D eigenvalue weighted by Gasteiger charge is 2.20. The predicted octanol–water partition coefficient (Wildman–Crippen LogP) is -0.864. The summed E-state index contributed by atoms with van der Waals surface area (Å²) in [6, 6.07) is 0.119. The molecule has 1 atom stereocenters. The molecule has 0 bridgehead atoms. The van der Waals surface area contributed by atoms with Crippen molar-refractivity contribution in [3.8, 4) is 0 Å². The van der Waals surface area contributed by atoms with Gasteiger partial charge in [0.15, 0.2) is 0 Å². The van der Waals surface area contributed by atoms with Crippen LogP contribution in [0.4, 0.5) is 0 Å². The first-order chi connectivity index (χ1) is 7.95. The molecule has 2 N–H and O–H groups in total. The van der Waals surface area contributed by atoms with Crippen molar-refractivity contribution in [2.45, 2.75) is 25.8 Å². The molecule has 1 aliphatic heterocycles. The molecule has 0 radical (unpaired) electrons. The van der Waals surface area contributed by atoms with Gasteiger partial charge in [-0.2, -0.15) is 4.31 Å². The monoisotopic (exact) mass is 263 g/mol. The molecule has 100 valence electrons. The Balaban J connectivity index is 2.38. The SMILES string of the molecule is CCS(=O)(=O)N(C)CC(=O)N[C@H]1CCCNC1. The van der Waals surface area contributed by atoms with Crippen molar-refractivity contribution in [2.24, 2.45) is 0 Å². The molecule has 1 saturated heterocycles. The van der Waals surface area contributed by atoms with Gasteiger partial charge in [-0.25, -0.2) is 8.42 Å². The van der Waals surface area contributed by atoms with Crippen LogP contribution in [-0.2, 0) is 14.8 Å². The van der Waals surface area contributed by atoms with Crippen molar-refractivity contribution in [1.82, 2.24) is 14.9 Å². The molecule has 1 fully saturated rings. The van der Waals surface area contributed by atoms with E-state index in [0.29, 0.717) is 0 Å². The van der Waals surface area contributed by atoms with Gasteiger partial charge in [0.05, 0.1) is 12.3 Å². The van der Waals surface area contributed by atoms with Crippen molar-refractivity contribution < 1.29 is 13.2 Å². The van der Waals surface area contributed by atoms with Crippen LogP contribution in [0.2, 0.25) is 0 Å². The minimum absolute atomic E-state index is 0.0156. The van der Waals surface area contributed by atoms with E-state index in [4.69, 9.17) is 0 Å². The quantitative estimate of drug-likeness (QED) is 0.676. The molecule has 0 unspecified atom stereocenters. The molecule has 0 aliphatic carbocycles. The molecule has 17 heavy (non-hydrogen) atoms. The van der Waals surface area contributed by atoms with Crippen LogP contribution in [0.3, 0.4) is 0 Å². The second kappa shape index (κ2) is 6.32. The lowest BCUT2D eigenvalue weighted by molar-refractivity contribution is -0.121. The minimum atomic E-state index is -3.28. The van der Waals surface area contributed by atoms with Gasteiger partial charge in [0, 0.05) is 19.6 Å². The van der Waals surface area contributed by atoms with Gasteiger partial charge < -0.3 is 10.6 Å². The summed E-state index contributed by atoms with van der Waals surface area (Å²) in [7, 11) is -1.85. The third kappa shape index (κ3) is 4.61. The van der Waals surface area contributed by atoms with Gasteiger partial charge in [-0.15, -0.1) is 0 Å². The second-order valence-electron chi connectivity index (χ2n) is 4.27. The number of carbonyl (C=O) groups is 1. The maximum Gasteiger partial charge on any atom is 0.235 e. The molecular formula is C10H21N3O3S. The maximum absolute atomic E-state index is 11.6. The lowest BCUT2D eigenvalue weighted by Crippen LogP contribution is -2.48. The number of carbonyl (C=O) groups excluding carboxylic acids is 1. The molecule has 1 amide bonds. The van der Waals surface area contributed by atoms with E-state index in [9.17, 15) is 13.2 Å². The van der Waals surface area contributed by atoms with E-state index in [1.54, 1.807) is 6.92 Å². The zero-order valence-corrected chi connectivity index (χ0v) is 11.2. The summed E-state index contributed by atoms with van der Waals surface area (Å²) in [6.07, 6.45) is 1.98. The topological polar surface area (TPSA) is 78.5 Å². The number of nitrogens with one attached hydrogen (secondary N) is 2. The van der Waals surface area contributed by atoms with E-state index in [0.717, 1.165) is 30.2 Å². The summed E-state index contributed by atoms with van der Waals surface area (Å²) in [5.74, 6) is -0.222. The number of nitrogens with zero attached hydrogens (tertiary/aromatic N) is 1. The van der Waals surface area contributed by atoms with Crippen molar-refractivity contribution in [3.05, 3.63) is 0 Å². The van der Waals surface area contributed by atoms with Crippen molar-refractivity contribution >= 4 is 15.9 Å². The molecule has 7 heteroatoms. The van der Waals surface area contributed by atoms with Crippen molar-refractivity contribution in [1.29, 1.82) is 0 Å². The molecule has 1 rings (SSSR count). The Morgan fingerprint density at radius 2 is 2.24 bits per heavy atom. The molecule has 6 nitrogen and oxygen atoms in total. The second-order valence-corrected chi connectivity index (χ2v) is 6.63. The number of piperidine rings is 1. The zero-order chi connectivity index (χ0) is 12.9. The third-order valence-electron chi connectivity index (χ3n) is 2.87. The smallest absolute Gasteiger partial charge is 0.235 e. The Morgan fingerprint density at radius 1 is 1.53 bits per heavy atom. The molecule has 0 saturated carbocycles. The van der Waals surface area contributed by atoms with Crippen LogP contribution < -0.4 is 10.6 Å². The fourth-order valence-corrected chi connectivity index (χ4v) is 2.52. The molecule has 0 aromatic rings. The van der Waals surface area contributed by atoms with Gasteiger partial charge in [0.2, 0.25) is 15.9 Å². The fourth-order valence-electron chi connectivity index (χ4n) is 1.77. The summed E-state index contributed by atoms with van der Waals surface area (Å²) in [4.78, 5) is 11.6. The van der Waals surface area contributed by atoms with E-state index < -0.39 is 10.0 Å². The fraction of sp³-hybridized carbons (Fsp3) is 0.900. The average molecular weight is 263 g/mol. The van der Waals surface area contributed by atoms with Crippen LogP contribution in [0, 0.1) is 0 Å². The highest BCUT2D eigenvalue weighted by Crippen LogP contribution is 2.02. The minimum Gasteiger partial charge on any atom is -0.351 e. The standard InChI is InChI=1S/C10H21N3O3S/c1-3-17(15,16)13(2)8-10(14)12-9-5-4-6-11-7-9/h9,11H,3-8H2,1-2H3,(H,12,14)/t9-/m0/s1. The van der Waals surface area contributed by atoms with Crippen LogP contribution in [-0.4, -0.2) is 57.1 Å². The maximum atomic E-state index is 11.6. The highest BCUT2D eigenvalue weighted by molar-refractivity contribution is 7.89. The van der Waals surface area contributed by atoms with Crippen LogP contribution in [0.25, 0.3) is 0 Å². The summed E-state index contributed by atoms with van der Waals surface area (Å²) in [5, 5.41) is 6.03. The summed E-state index contributed by atoms with van der Waals surface area (Å²) < 4.78 is 24.0. The number of rotatable bonds is 5. The number of hydrogen-bond acceptors (Lipinski definition) is 4. The lowest BCUT2D eigenvalue weighted by atomic mass is 10.1. The first-order valence-electron chi connectivity index (χ1n) is 5.90. The van der Waals surface area contributed by atoms with Crippen LogP contribution in [0.1, 0.15) is 19.8 Å². The van der Waals surface area contributed by atoms with Gasteiger partial charge in [-0.3, -0.25) is 4.79 Å². The number of amides is 1. The zero-order valence-electron chi connectivity index (χ0n) is 10.4.